The molecule has 1 rings (SSSR count). The van der Waals surface area contributed by atoms with Crippen LogP contribution in [0.1, 0.15) is 26.3 Å². The molecule has 1 aromatic rings. The lowest BCUT2D eigenvalue weighted by atomic mass is 10.2. The molecule has 3 heteroatoms. The van der Waals surface area contributed by atoms with Crippen LogP contribution in [-0.4, -0.2) is 37.0 Å². The molecule has 0 aliphatic carbocycles. The molecule has 0 aromatic heterocycles. The van der Waals surface area contributed by atoms with Gasteiger partial charge in [0.05, 0.1) is 18.8 Å². The highest BCUT2D eigenvalue weighted by Crippen LogP contribution is 2.16. The Bertz CT molecular complexity index is 423. The fourth-order valence-corrected chi connectivity index (χ4v) is 1.82. The largest absolute Gasteiger partial charge is 0.389 e. The molecule has 3 nitrogen and oxygen atoms in total. The van der Waals surface area contributed by atoms with E-state index in [4.69, 9.17) is 11.2 Å². The van der Waals surface area contributed by atoms with E-state index in [1.54, 1.807) is 0 Å². The van der Waals surface area contributed by atoms with E-state index in [1.807, 2.05) is 38.1 Å². The molecular formula is C16H23NO2. The molecule has 0 fully saturated rings. The molecule has 19 heavy (non-hydrogen) atoms. The van der Waals surface area contributed by atoms with E-state index in [1.165, 1.54) is 0 Å². The highest BCUT2D eigenvalue weighted by molar-refractivity contribution is 5.52. The molecule has 0 radical (unpaired) electrons. The topological polar surface area (TPSA) is 32.7 Å². The summed E-state index contributed by atoms with van der Waals surface area (Å²) in [4.78, 5) is 2.09. The fraction of sp³-hybridized carbons (Fsp3) is 0.500. The summed E-state index contributed by atoms with van der Waals surface area (Å²) in [5, 5.41) is 9.98. The lowest BCUT2D eigenvalue weighted by Crippen LogP contribution is -2.35. The number of benzene rings is 1. The average molecular weight is 261 g/mol. The predicted molar refractivity (Wildman–Crippen MR) is 79.4 cm³/mol. The van der Waals surface area contributed by atoms with Crippen LogP contribution in [-0.2, 0) is 4.74 Å². The minimum atomic E-state index is -0.503. The third-order valence-electron chi connectivity index (χ3n) is 2.81. The summed E-state index contributed by atoms with van der Waals surface area (Å²) in [7, 11) is 0. The van der Waals surface area contributed by atoms with Crippen LogP contribution in [0, 0.1) is 12.3 Å². The summed E-state index contributed by atoms with van der Waals surface area (Å²) in [6.45, 7) is 7.67. The maximum Gasteiger partial charge on any atom is 0.0948 e. The van der Waals surface area contributed by atoms with Crippen molar-refractivity contribution in [2.75, 3.05) is 24.6 Å². The van der Waals surface area contributed by atoms with Gasteiger partial charge in [-0.2, -0.15) is 0 Å². The smallest absolute Gasteiger partial charge is 0.0948 e. The second-order valence-electron chi connectivity index (χ2n) is 4.77. The number of terminal acetylenes is 1. The van der Waals surface area contributed by atoms with Gasteiger partial charge in [0.1, 0.15) is 0 Å². The van der Waals surface area contributed by atoms with Crippen LogP contribution in [0.2, 0.25) is 0 Å². The zero-order valence-corrected chi connectivity index (χ0v) is 12.0. The van der Waals surface area contributed by atoms with Crippen LogP contribution in [0.4, 0.5) is 5.69 Å². The number of hydrogen-bond acceptors (Lipinski definition) is 3. The van der Waals surface area contributed by atoms with Crippen molar-refractivity contribution in [2.24, 2.45) is 0 Å². The Morgan fingerprint density at radius 3 is 2.74 bits per heavy atom. The number of aliphatic hydroxyl groups excluding tert-OH is 1. The fourth-order valence-electron chi connectivity index (χ4n) is 1.82. The lowest BCUT2D eigenvalue weighted by Gasteiger charge is -2.26. The van der Waals surface area contributed by atoms with Crippen LogP contribution in [0.3, 0.4) is 0 Å². The van der Waals surface area contributed by atoms with E-state index in [0.717, 1.165) is 17.8 Å². The Morgan fingerprint density at radius 1 is 1.42 bits per heavy atom. The summed E-state index contributed by atoms with van der Waals surface area (Å²) < 4.78 is 5.42. The van der Waals surface area contributed by atoms with Crippen LogP contribution >= 0.6 is 0 Å². The van der Waals surface area contributed by atoms with E-state index >= 15 is 0 Å². The van der Waals surface area contributed by atoms with Gasteiger partial charge in [-0.05, 0) is 39.0 Å². The first-order valence-corrected chi connectivity index (χ1v) is 6.68. The SMILES string of the molecule is C#Cc1cccc(N(CC)CC(O)COC(C)C)c1. The van der Waals surface area contributed by atoms with Crippen molar-refractivity contribution >= 4 is 5.69 Å². The second-order valence-corrected chi connectivity index (χ2v) is 4.77. The number of hydrogen-bond donors (Lipinski definition) is 1. The number of anilines is 1. The maximum absolute atomic E-state index is 9.98. The first-order valence-electron chi connectivity index (χ1n) is 6.68. The van der Waals surface area contributed by atoms with Crippen LogP contribution in [0.25, 0.3) is 0 Å². The lowest BCUT2D eigenvalue weighted by molar-refractivity contribution is 0.00897. The zero-order valence-electron chi connectivity index (χ0n) is 12.0. The van der Waals surface area contributed by atoms with Gasteiger partial charge in [-0.25, -0.2) is 0 Å². The van der Waals surface area contributed by atoms with Crippen molar-refractivity contribution in [1.29, 1.82) is 0 Å². The number of rotatable bonds is 7. The van der Waals surface area contributed by atoms with Gasteiger partial charge in [0.15, 0.2) is 0 Å². The Balaban J connectivity index is 2.64. The second kappa shape index (κ2) is 7.83. The summed E-state index contributed by atoms with van der Waals surface area (Å²) in [5.41, 5.74) is 1.88. The number of likely N-dealkylation sites (N-methyl/N-ethyl adjacent to an activating group) is 1. The molecule has 104 valence electrons. The quantitative estimate of drug-likeness (QED) is 0.764. The number of ether oxygens (including phenoxy) is 1. The van der Waals surface area contributed by atoms with Gasteiger partial charge in [-0.15, -0.1) is 6.42 Å². The van der Waals surface area contributed by atoms with E-state index in [-0.39, 0.29) is 6.10 Å². The highest BCUT2D eigenvalue weighted by Gasteiger charge is 2.12. The zero-order chi connectivity index (χ0) is 14.3. The van der Waals surface area contributed by atoms with Gasteiger partial charge in [-0.1, -0.05) is 12.0 Å². The Morgan fingerprint density at radius 2 is 2.16 bits per heavy atom. The monoisotopic (exact) mass is 261 g/mol. The van der Waals surface area contributed by atoms with Gasteiger partial charge < -0.3 is 14.7 Å². The molecule has 0 spiro atoms. The van der Waals surface area contributed by atoms with Gasteiger partial charge in [0.25, 0.3) is 0 Å². The number of aliphatic hydroxyl groups is 1. The molecule has 0 bridgehead atoms. The van der Waals surface area contributed by atoms with Gasteiger partial charge in [0.2, 0.25) is 0 Å². The van der Waals surface area contributed by atoms with Gasteiger partial charge in [0, 0.05) is 24.3 Å². The first kappa shape index (κ1) is 15.6. The minimum absolute atomic E-state index is 0.134. The third kappa shape index (κ3) is 5.34. The maximum atomic E-state index is 9.98. The van der Waals surface area contributed by atoms with E-state index in [0.29, 0.717) is 13.2 Å². The summed E-state index contributed by atoms with van der Waals surface area (Å²) in [6.07, 6.45) is 5.04. The average Bonchev–Trinajstić information content (AvgIpc) is 2.42. The normalized spacial score (nSPS) is 12.2. The standard InChI is InChI=1S/C16H23NO2/c1-5-14-8-7-9-15(10-14)17(6-2)11-16(18)12-19-13(3)4/h1,7-10,13,16,18H,6,11-12H2,2-4H3. The van der Waals surface area contributed by atoms with E-state index in [2.05, 4.69) is 17.7 Å². The van der Waals surface area contributed by atoms with E-state index < -0.39 is 6.10 Å². The molecule has 0 heterocycles. The van der Waals surface area contributed by atoms with Gasteiger partial charge in [-0.3, -0.25) is 0 Å². The predicted octanol–water partition coefficient (Wildman–Crippen LogP) is 2.28. The minimum Gasteiger partial charge on any atom is -0.389 e. The Labute approximate surface area is 116 Å². The van der Waals surface area contributed by atoms with Crippen molar-refractivity contribution < 1.29 is 9.84 Å². The van der Waals surface area contributed by atoms with Crippen molar-refractivity contribution in [3.63, 3.8) is 0 Å². The number of nitrogens with zero attached hydrogens (tertiary/aromatic N) is 1. The van der Waals surface area contributed by atoms with Crippen LogP contribution in [0.5, 0.6) is 0 Å². The van der Waals surface area contributed by atoms with Crippen molar-refractivity contribution in [3.05, 3.63) is 29.8 Å². The third-order valence-corrected chi connectivity index (χ3v) is 2.81. The van der Waals surface area contributed by atoms with Gasteiger partial charge >= 0.3 is 0 Å². The molecule has 1 N–H and O–H groups in total. The molecule has 0 aliphatic rings. The molecule has 0 saturated carbocycles. The molecule has 1 atom stereocenters. The molecule has 1 unspecified atom stereocenters. The molecule has 1 aromatic carbocycles. The van der Waals surface area contributed by atoms with E-state index in [9.17, 15) is 5.11 Å². The molecule has 0 aliphatic heterocycles. The van der Waals surface area contributed by atoms with Crippen molar-refractivity contribution in [3.8, 4) is 12.3 Å². The summed E-state index contributed by atoms with van der Waals surface area (Å²) in [5.74, 6) is 2.63. The highest BCUT2D eigenvalue weighted by atomic mass is 16.5. The van der Waals surface area contributed by atoms with Crippen molar-refractivity contribution in [2.45, 2.75) is 33.0 Å². The Kier molecular flexibility index (Phi) is 6.41. The summed E-state index contributed by atoms with van der Waals surface area (Å²) in [6, 6.07) is 7.79. The van der Waals surface area contributed by atoms with Crippen LogP contribution < -0.4 is 4.90 Å². The molecule has 0 amide bonds. The molecular weight excluding hydrogens is 238 g/mol. The first-order chi connectivity index (χ1) is 9.06. The Hall–Kier alpha value is -1.50. The molecule has 0 saturated heterocycles. The van der Waals surface area contributed by atoms with Crippen molar-refractivity contribution in [1.82, 2.24) is 0 Å². The summed E-state index contributed by atoms with van der Waals surface area (Å²) >= 11 is 0. The van der Waals surface area contributed by atoms with Crippen LogP contribution in [0.15, 0.2) is 24.3 Å².